The number of thiazole rings is 1. The summed E-state index contributed by atoms with van der Waals surface area (Å²) in [6.07, 6.45) is 4.21. The lowest BCUT2D eigenvalue weighted by Gasteiger charge is -2.16. The standard InChI is InChI=1S/C23H25FN2O2S/c24-18-8-10-19(11-9-18)28-15-13-17-12-14-26(16-17)23(27)7-3-6-22-25-20-4-1-2-5-21(20)29-22/h1-2,4-5,8-11,17H,3,6-7,12-16H2. The molecule has 1 aromatic heterocycles. The van der Waals surface area contributed by atoms with Gasteiger partial charge in [0.2, 0.25) is 5.91 Å². The molecular formula is C23H25FN2O2S. The fourth-order valence-corrected chi connectivity index (χ4v) is 4.75. The van der Waals surface area contributed by atoms with Crippen LogP contribution in [0.5, 0.6) is 5.75 Å². The van der Waals surface area contributed by atoms with Gasteiger partial charge in [0.25, 0.3) is 0 Å². The van der Waals surface area contributed by atoms with Gasteiger partial charge in [-0.3, -0.25) is 4.79 Å². The Morgan fingerprint density at radius 2 is 2.03 bits per heavy atom. The Bertz CT molecular complexity index is 924. The second-order valence-corrected chi connectivity index (χ2v) is 8.63. The first-order valence-electron chi connectivity index (χ1n) is 10.2. The van der Waals surface area contributed by atoms with Gasteiger partial charge in [-0.15, -0.1) is 11.3 Å². The van der Waals surface area contributed by atoms with Crippen LogP contribution in [0.25, 0.3) is 10.2 Å². The van der Waals surface area contributed by atoms with Crippen LogP contribution < -0.4 is 4.74 Å². The molecular weight excluding hydrogens is 387 g/mol. The number of hydrogen-bond acceptors (Lipinski definition) is 4. The van der Waals surface area contributed by atoms with E-state index in [2.05, 4.69) is 11.1 Å². The van der Waals surface area contributed by atoms with Crippen molar-refractivity contribution in [2.24, 2.45) is 5.92 Å². The van der Waals surface area contributed by atoms with Gasteiger partial charge in [0, 0.05) is 19.5 Å². The van der Waals surface area contributed by atoms with Gasteiger partial charge in [-0.05, 0) is 68.0 Å². The number of hydrogen-bond donors (Lipinski definition) is 0. The SMILES string of the molecule is O=C(CCCc1nc2ccccc2s1)N1CCC(CCOc2ccc(F)cc2)C1. The molecule has 2 heterocycles. The molecule has 2 aromatic carbocycles. The van der Waals surface area contributed by atoms with E-state index in [9.17, 15) is 9.18 Å². The maximum absolute atomic E-state index is 12.9. The highest BCUT2D eigenvalue weighted by molar-refractivity contribution is 7.18. The summed E-state index contributed by atoms with van der Waals surface area (Å²) in [5.41, 5.74) is 1.05. The summed E-state index contributed by atoms with van der Waals surface area (Å²) < 4.78 is 19.8. The van der Waals surface area contributed by atoms with E-state index in [0.717, 1.165) is 49.3 Å². The van der Waals surface area contributed by atoms with Crippen LogP contribution in [0.2, 0.25) is 0 Å². The summed E-state index contributed by atoms with van der Waals surface area (Å²) in [7, 11) is 0. The van der Waals surface area contributed by atoms with Gasteiger partial charge in [-0.25, -0.2) is 9.37 Å². The van der Waals surface area contributed by atoms with Gasteiger partial charge < -0.3 is 9.64 Å². The van der Waals surface area contributed by atoms with Crippen LogP contribution >= 0.6 is 11.3 Å². The van der Waals surface area contributed by atoms with Gasteiger partial charge >= 0.3 is 0 Å². The first kappa shape index (κ1) is 19.8. The van der Waals surface area contributed by atoms with Crippen LogP contribution in [0.4, 0.5) is 4.39 Å². The van der Waals surface area contributed by atoms with Crippen LogP contribution in [0, 0.1) is 11.7 Å². The van der Waals surface area contributed by atoms with Crippen molar-refractivity contribution in [2.45, 2.75) is 32.1 Å². The van der Waals surface area contributed by atoms with E-state index in [1.54, 1.807) is 23.5 Å². The largest absolute Gasteiger partial charge is 0.494 e. The highest BCUT2D eigenvalue weighted by Gasteiger charge is 2.25. The molecule has 4 rings (SSSR count). The summed E-state index contributed by atoms with van der Waals surface area (Å²) in [5, 5.41) is 1.11. The van der Waals surface area contributed by atoms with Crippen LogP contribution in [0.3, 0.4) is 0 Å². The molecule has 1 atom stereocenters. The number of nitrogens with zero attached hydrogens (tertiary/aromatic N) is 2. The maximum atomic E-state index is 12.9. The summed E-state index contributed by atoms with van der Waals surface area (Å²) in [6.45, 7) is 2.24. The lowest BCUT2D eigenvalue weighted by atomic mass is 10.1. The second-order valence-electron chi connectivity index (χ2n) is 7.51. The number of halogens is 1. The van der Waals surface area contributed by atoms with Crippen molar-refractivity contribution >= 4 is 27.5 Å². The molecule has 0 spiro atoms. The minimum absolute atomic E-state index is 0.244. The Morgan fingerprint density at radius 3 is 2.86 bits per heavy atom. The summed E-state index contributed by atoms with van der Waals surface area (Å²) in [4.78, 5) is 19.2. The zero-order chi connectivity index (χ0) is 20.1. The van der Waals surface area contributed by atoms with E-state index < -0.39 is 0 Å². The average molecular weight is 413 g/mol. The smallest absolute Gasteiger partial charge is 0.222 e. The van der Waals surface area contributed by atoms with Crippen LogP contribution in [-0.2, 0) is 11.2 Å². The number of carbonyl (C=O) groups excluding carboxylic acids is 1. The molecule has 6 heteroatoms. The van der Waals surface area contributed by atoms with E-state index in [-0.39, 0.29) is 11.7 Å². The lowest BCUT2D eigenvalue weighted by molar-refractivity contribution is -0.130. The number of ether oxygens (including phenoxy) is 1. The number of benzene rings is 2. The Morgan fingerprint density at radius 1 is 1.21 bits per heavy atom. The van der Waals surface area contributed by atoms with Crippen molar-refractivity contribution in [3.63, 3.8) is 0 Å². The van der Waals surface area contributed by atoms with Crippen LogP contribution in [0.15, 0.2) is 48.5 Å². The van der Waals surface area contributed by atoms with E-state index in [1.807, 2.05) is 23.1 Å². The number of para-hydroxylation sites is 1. The van der Waals surface area contributed by atoms with Gasteiger partial charge in [0.05, 0.1) is 21.8 Å². The molecule has 0 N–H and O–H groups in total. The number of carbonyl (C=O) groups is 1. The average Bonchev–Trinajstić information content (AvgIpc) is 3.36. The molecule has 1 aliphatic heterocycles. The van der Waals surface area contributed by atoms with E-state index in [0.29, 0.717) is 24.7 Å². The Balaban J connectivity index is 1.15. The zero-order valence-corrected chi connectivity index (χ0v) is 17.2. The Hall–Kier alpha value is -2.47. The Kier molecular flexibility index (Phi) is 6.39. The molecule has 29 heavy (non-hydrogen) atoms. The van der Waals surface area contributed by atoms with Gasteiger partial charge in [0.15, 0.2) is 0 Å². The fourth-order valence-electron chi connectivity index (χ4n) is 3.74. The highest BCUT2D eigenvalue weighted by atomic mass is 32.1. The minimum atomic E-state index is -0.259. The Labute approximate surface area is 174 Å². The van der Waals surface area contributed by atoms with Crippen molar-refractivity contribution in [2.75, 3.05) is 19.7 Å². The molecule has 152 valence electrons. The number of fused-ring (bicyclic) bond motifs is 1. The van der Waals surface area contributed by atoms with Crippen molar-refractivity contribution in [1.82, 2.24) is 9.88 Å². The topological polar surface area (TPSA) is 42.4 Å². The molecule has 0 radical (unpaired) electrons. The second kappa shape index (κ2) is 9.35. The van der Waals surface area contributed by atoms with E-state index in [4.69, 9.17) is 4.74 Å². The van der Waals surface area contributed by atoms with Crippen molar-refractivity contribution < 1.29 is 13.9 Å². The molecule has 1 amide bonds. The molecule has 0 bridgehead atoms. The lowest BCUT2D eigenvalue weighted by Crippen LogP contribution is -2.28. The number of rotatable bonds is 8. The van der Waals surface area contributed by atoms with E-state index >= 15 is 0 Å². The molecule has 4 nitrogen and oxygen atoms in total. The number of aromatic nitrogens is 1. The number of likely N-dealkylation sites (tertiary alicyclic amines) is 1. The monoisotopic (exact) mass is 412 g/mol. The number of amides is 1. The maximum Gasteiger partial charge on any atom is 0.222 e. The van der Waals surface area contributed by atoms with Crippen LogP contribution in [0.1, 0.15) is 30.7 Å². The van der Waals surface area contributed by atoms with Crippen molar-refractivity contribution in [1.29, 1.82) is 0 Å². The van der Waals surface area contributed by atoms with Crippen molar-refractivity contribution in [3.8, 4) is 5.75 Å². The van der Waals surface area contributed by atoms with Gasteiger partial charge in [0.1, 0.15) is 11.6 Å². The fraction of sp³-hybridized carbons (Fsp3) is 0.391. The predicted octanol–water partition coefficient (Wildman–Crippen LogP) is 5.08. The first-order chi connectivity index (χ1) is 14.2. The molecule has 0 aliphatic carbocycles. The van der Waals surface area contributed by atoms with Crippen molar-refractivity contribution in [3.05, 3.63) is 59.4 Å². The predicted molar refractivity (Wildman–Crippen MR) is 114 cm³/mol. The molecule has 0 saturated carbocycles. The van der Waals surface area contributed by atoms with Gasteiger partial charge in [-0.1, -0.05) is 12.1 Å². The summed E-state index contributed by atoms with van der Waals surface area (Å²) in [6, 6.07) is 14.2. The third kappa shape index (κ3) is 5.32. The quantitative estimate of drug-likeness (QED) is 0.518. The third-order valence-corrected chi connectivity index (χ3v) is 6.46. The highest BCUT2D eigenvalue weighted by Crippen LogP contribution is 2.24. The van der Waals surface area contributed by atoms with Gasteiger partial charge in [-0.2, -0.15) is 0 Å². The zero-order valence-electron chi connectivity index (χ0n) is 16.4. The summed E-state index contributed by atoms with van der Waals surface area (Å²) in [5.74, 6) is 1.15. The molecule has 1 fully saturated rings. The molecule has 1 aliphatic rings. The van der Waals surface area contributed by atoms with E-state index in [1.165, 1.54) is 16.8 Å². The first-order valence-corrected chi connectivity index (χ1v) is 11.0. The van der Waals surface area contributed by atoms with Crippen LogP contribution in [-0.4, -0.2) is 35.5 Å². The molecule has 1 saturated heterocycles. The summed E-state index contributed by atoms with van der Waals surface area (Å²) >= 11 is 1.72. The molecule has 1 unspecified atom stereocenters. The normalized spacial score (nSPS) is 16.4. The molecule has 3 aromatic rings. The third-order valence-electron chi connectivity index (χ3n) is 5.37. The minimum Gasteiger partial charge on any atom is -0.494 e. The number of aryl methyl sites for hydroxylation is 1.